The predicted octanol–water partition coefficient (Wildman–Crippen LogP) is -13.3. The number of aliphatic hydroxyl groups excluding tert-OH is 8. The van der Waals surface area contributed by atoms with Crippen molar-refractivity contribution in [3.63, 3.8) is 0 Å². The van der Waals surface area contributed by atoms with Crippen LogP contribution in [0.25, 0.3) is 0 Å². The number of carbonyl (C=O) groups excluding carboxylic acids is 5. The summed E-state index contributed by atoms with van der Waals surface area (Å²) >= 11 is 0. The molecule has 396 valence electrons. The maximum atomic E-state index is 13.5. The first-order valence-corrected chi connectivity index (χ1v) is 21.6. The van der Waals surface area contributed by atoms with Gasteiger partial charge in [-0.2, -0.15) is 0 Å². The van der Waals surface area contributed by atoms with Gasteiger partial charge in [0.2, 0.25) is 17.7 Å². The second kappa shape index (κ2) is 27.0. The number of nitrogens with zero attached hydrogens (tertiary/aromatic N) is 1. The molecule has 1 aromatic heterocycles. The van der Waals surface area contributed by atoms with Crippen molar-refractivity contribution in [2.24, 2.45) is 0 Å². The van der Waals surface area contributed by atoms with Crippen LogP contribution >= 0.6 is 0 Å². The minimum Gasteiger partial charge on any atom is -0.548 e. The summed E-state index contributed by atoms with van der Waals surface area (Å²) in [5.41, 5.74) is 0.380. The Morgan fingerprint density at radius 2 is 1.21 bits per heavy atom. The number of hydrogen-bond donors (Lipinski definition) is 14. The van der Waals surface area contributed by atoms with Crippen molar-refractivity contribution < 1.29 is 152 Å². The van der Waals surface area contributed by atoms with Gasteiger partial charge in [-0.1, -0.05) is 0 Å². The van der Waals surface area contributed by atoms with E-state index in [4.69, 9.17) is 42.6 Å². The third-order valence-corrected chi connectivity index (χ3v) is 11.7. The van der Waals surface area contributed by atoms with E-state index in [-0.39, 0.29) is 36.0 Å². The Labute approximate surface area is 425 Å². The molecule has 4 aliphatic rings. The molecule has 14 N–H and O–H groups in total. The number of aromatic nitrogens is 2. The smallest absolute Gasteiger partial charge is 0.548 e. The van der Waals surface area contributed by atoms with Crippen molar-refractivity contribution in [3.8, 4) is 0 Å². The van der Waals surface area contributed by atoms with Crippen LogP contribution in [0.4, 0.5) is 0 Å². The monoisotopic (exact) mass is 1030 g/mol. The Morgan fingerprint density at radius 3 is 1.68 bits per heavy atom. The molecule has 1 aromatic rings. The van der Waals surface area contributed by atoms with Crippen LogP contribution in [-0.2, 0) is 77.8 Å². The normalized spacial score (nSPS) is 37.6. The number of methoxy groups -OCH3 is 2. The van der Waals surface area contributed by atoms with Gasteiger partial charge in [0.1, 0.15) is 85.3 Å². The minimum absolute atomic E-state index is 0. The van der Waals surface area contributed by atoms with E-state index in [2.05, 4.69) is 31.2 Å². The molecule has 0 aliphatic carbocycles. The zero-order valence-electron chi connectivity index (χ0n) is 38.8. The maximum Gasteiger partial charge on any atom is 1.00 e. The van der Waals surface area contributed by atoms with E-state index in [1.165, 1.54) is 19.6 Å². The standard InChI is InChI=1S/C39H60N6O25.Na/c1-12(48)43-19-27(21(51)16(9-46)64-36(19)63-4)66-39-26(56)24(54)30(32(70-39)35(60)61)68-37-20(44-13(2)49)28(22(52)17(10-47)65-37)67-38-25(55)23(53)29(62-3)31(69-38)33(57)41-6-5-18(50)45-15(34(58)59)7-14-8-40-11-42-14;/h8,11,15-17,19-32,36-39,46-47,51-56H,5-7,9-10H2,1-4H3,(H,40,42)(H,41,57)(H,43,48)(H,44,49)(H,45,50)(H,58,59)(H,60,61);/q;+1/p-1. The van der Waals surface area contributed by atoms with Crippen molar-refractivity contribution >= 4 is 35.6 Å². The molecular formula is C39H59N6NaO25. The molecule has 4 saturated heterocycles. The first-order chi connectivity index (χ1) is 33.1. The zero-order valence-corrected chi connectivity index (χ0v) is 40.8. The number of ether oxygens (including phenoxy) is 9. The number of rotatable bonds is 21. The first-order valence-electron chi connectivity index (χ1n) is 21.6. The molecule has 21 atom stereocenters. The molecule has 0 saturated carbocycles. The van der Waals surface area contributed by atoms with Crippen LogP contribution in [0.15, 0.2) is 12.5 Å². The number of H-pyrrole nitrogens is 1. The number of hydrogen-bond acceptors (Lipinski definition) is 25. The van der Waals surface area contributed by atoms with Crippen LogP contribution < -0.4 is 55.9 Å². The Balaban J connectivity index is 0.0000110. The van der Waals surface area contributed by atoms with E-state index in [9.17, 15) is 79.8 Å². The van der Waals surface area contributed by atoms with Crippen LogP contribution in [0, 0.1) is 0 Å². The minimum atomic E-state index is -2.31. The molecule has 5 heterocycles. The fourth-order valence-corrected chi connectivity index (χ4v) is 8.22. The summed E-state index contributed by atoms with van der Waals surface area (Å²) in [6.45, 7) is -0.183. The van der Waals surface area contributed by atoms with Gasteiger partial charge in [0, 0.05) is 59.3 Å². The summed E-state index contributed by atoms with van der Waals surface area (Å²) in [7, 11) is 2.22. The van der Waals surface area contributed by atoms with Crippen molar-refractivity contribution in [2.75, 3.05) is 34.0 Å². The van der Waals surface area contributed by atoms with E-state index < -0.39 is 190 Å². The molecule has 0 aromatic carbocycles. The molecule has 4 aliphatic heterocycles. The molecule has 0 bridgehead atoms. The van der Waals surface area contributed by atoms with Gasteiger partial charge >= 0.3 is 35.5 Å². The number of amides is 4. The van der Waals surface area contributed by atoms with Gasteiger partial charge in [-0.05, 0) is 0 Å². The molecule has 4 amide bonds. The van der Waals surface area contributed by atoms with Gasteiger partial charge in [-0.25, -0.2) is 9.78 Å². The summed E-state index contributed by atoms with van der Waals surface area (Å²) in [6.07, 6.45) is -32.8. The molecule has 4 fully saturated rings. The number of carboxylic acids is 2. The predicted molar refractivity (Wildman–Crippen MR) is 217 cm³/mol. The van der Waals surface area contributed by atoms with Crippen LogP contribution in [0.2, 0.25) is 0 Å². The van der Waals surface area contributed by atoms with Crippen molar-refractivity contribution in [1.29, 1.82) is 0 Å². The number of aliphatic hydroxyl groups is 8. The summed E-state index contributed by atoms with van der Waals surface area (Å²) in [4.78, 5) is 81.7. The van der Waals surface area contributed by atoms with E-state index >= 15 is 0 Å². The molecular weight excluding hydrogens is 975 g/mol. The number of carbonyl (C=O) groups is 6. The Kier molecular flexibility index (Phi) is 22.8. The van der Waals surface area contributed by atoms with Crippen LogP contribution in [-0.4, -0.2) is 254 Å². The second-order valence-corrected chi connectivity index (χ2v) is 16.5. The fourth-order valence-electron chi connectivity index (χ4n) is 8.22. The number of imidazole rings is 1. The van der Waals surface area contributed by atoms with Crippen molar-refractivity contribution in [1.82, 2.24) is 31.2 Å². The Bertz CT molecular complexity index is 1930. The van der Waals surface area contributed by atoms with Gasteiger partial charge in [0.25, 0.3) is 5.91 Å². The topological polar surface area (TPSA) is 467 Å². The summed E-state index contributed by atoms with van der Waals surface area (Å²) < 4.78 is 50.5. The van der Waals surface area contributed by atoms with E-state index in [1.54, 1.807) is 0 Å². The first kappa shape index (κ1) is 59.9. The number of aliphatic carboxylic acids is 2. The summed E-state index contributed by atoms with van der Waals surface area (Å²) in [5, 5.41) is 119. The van der Waals surface area contributed by atoms with Crippen molar-refractivity contribution in [3.05, 3.63) is 18.2 Å². The molecule has 31 nitrogen and oxygen atoms in total. The van der Waals surface area contributed by atoms with Gasteiger partial charge in [-0.15, -0.1) is 0 Å². The number of carboxylic acid groups (broad SMARTS) is 2. The third kappa shape index (κ3) is 14.6. The zero-order chi connectivity index (χ0) is 51.7. The largest absolute Gasteiger partial charge is 1.00 e. The molecule has 21 unspecified atom stereocenters. The van der Waals surface area contributed by atoms with E-state index in [1.807, 2.05) is 0 Å². The fraction of sp³-hybridized carbons (Fsp3) is 0.769. The SMILES string of the molecule is COC1OC(CO)C(O)C(OC2OC(C(=O)O)C(OC3OC(CO)C(O)C(OC4OC(C(=O)NCCC(=O)NC(Cc5cnc[nH]5)C(=O)[O-])C(OC)C(O)C4O)C3NC(C)=O)C(O)C2O)C1NC(C)=O.[Na+]. The van der Waals surface area contributed by atoms with Crippen LogP contribution in [0.5, 0.6) is 0 Å². The van der Waals surface area contributed by atoms with Crippen LogP contribution in [0.1, 0.15) is 26.0 Å². The Hall–Kier alpha value is -3.65. The Morgan fingerprint density at radius 1 is 0.704 bits per heavy atom. The molecule has 5 rings (SSSR count). The van der Waals surface area contributed by atoms with E-state index in [0.717, 1.165) is 21.0 Å². The third-order valence-electron chi connectivity index (χ3n) is 11.7. The molecule has 71 heavy (non-hydrogen) atoms. The van der Waals surface area contributed by atoms with Gasteiger partial charge in [-0.3, -0.25) is 19.2 Å². The molecule has 0 radical (unpaired) electrons. The summed E-state index contributed by atoms with van der Waals surface area (Å²) in [5.74, 6) is -6.88. The van der Waals surface area contributed by atoms with E-state index in [0.29, 0.717) is 5.69 Å². The van der Waals surface area contributed by atoms with Crippen LogP contribution in [0.3, 0.4) is 0 Å². The molecule has 0 spiro atoms. The summed E-state index contributed by atoms with van der Waals surface area (Å²) in [6, 6.07) is -4.66. The second-order valence-electron chi connectivity index (χ2n) is 16.5. The maximum absolute atomic E-state index is 13.5. The molecule has 32 heteroatoms. The average Bonchev–Trinajstić information content (AvgIpc) is 3.83. The average molecular weight is 1030 g/mol. The van der Waals surface area contributed by atoms with Gasteiger partial charge < -0.3 is 125 Å². The number of nitrogens with one attached hydrogen (secondary N) is 5. The number of aromatic amines is 1. The van der Waals surface area contributed by atoms with Crippen molar-refractivity contribution in [2.45, 2.75) is 155 Å². The van der Waals surface area contributed by atoms with Gasteiger partial charge in [0.15, 0.2) is 37.4 Å². The van der Waals surface area contributed by atoms with Gasteiger partial charge in [0.05, 0.1) is 31.6 Å². The quantitative estimate of drug-likeness (QED) is 0.0508.